The highest BCUT2D eigenvalue weighted by atomic mass is 15.2. The number of nitrogens with zero attached hydrogens (tertiary/aromatic N) is 1. The van der Waals surface area contributed by atoms with Crippen LogP contribution >= 0.6 is 0 Å². The molecule has 0 saturated carbocycles. The lowest BCUT2D eigenvalue weighted by molar-refractivity contribution is 0.162. The monoisotopic (exact) mass is 158 g/mol. The average molecular weight is 158 g/mol. The third kappa shape index (κ3) is 3.21. The van der Waals surface area contributed by atoms with Crippen LogP contribution in [-0.4, -0.2) is 30.1 Å². The van der Waals surface area contributed by atoms with Gasteiger partial charge in [0.15, 0.2) is 0 Å². The zero-order chi connectivity index (χ0) is 8.85. The molecule has 68 valence electrons. The van der Waals surface area contributed by atoms with Crippen LogP contribution < -0.4 is 5.73 Å². The van der Waals surface area contributed by atoms with Gasteiger partial charge in [-0.1, -0.05) is 13.8 Å². The fraction of sp³-hybridized carbons (Fsp3) is 1.00. The summed E-state index contributed by atoms with van der Waals surface area (Å²) in [7, 11) is 0. The molecule has 0 aromatic carbocycles. The Bertz CT molecular complexity index is 87.6. The predicted octanol–water partition coefficient (Wildman–Crippen LogP) is 1.45. The lowest BCUT2D eigenvalue weighted by Crippen LogP contribution is -2.44. The van der Waals surface area contributed by atoms with Crippen LogP contribution in [0.2, 0.25) is 0 Å². The molecule has 2 N–H and O–H groups in total. The van der Waals surface area contributed by atoms with Crippen LogP contribution in [0.15, 0.2) is 0 Å². The van der Waals surface area contributed by atoms with Crippen LogP contribution in [0, 0.1) is 0 Å². The highest BCUT2D eigenvalue weighted by Crippen LogP contribution is 2.06. The summed E-state index contributed by atoms with van der Waals surface area (Å²) in [4.78, 5) is 2.44. The first-order valence-electron chi connectivity index (χ1n) is 4.63. The topological polar surface area (TPSA) is 29.3 Å². The second-order valence-corrected chi connectivity index (χ2v) is 3.22. The van der Waals surface area contributed by atoms with Crippen molar-refractivity contribution in [2.24, 2.45) is 5.73 Å². The van der Waals surface area contributed by atoms with Crippen molar-refractivity contribution in [3.05, 3.63) is 0 Å². The molecule has 0 heterocycles. The summed E-state index contributed by atoms with van der Waals surface area (Å²) in [5, 5.41) is 0. The number of nitrogens with two attached hydrogens (primary N) is 1. The van der Waals surface area contributed by atoms with E-state index in [-0.39, 0.29) is 0 Å². The number of likely N-dealkylation sites (N-methyl/N-ethyl adjacent to an activating group) is 1. The van der Waals surface area contributed by atoms with Crippen molar-refractivity contribution in [1.29, 1.82) is 0 Å². The minimum Gasteiger partial charge on any atom is -0.329 e. The third-order valence-corrected chi connectivity index (χ3v) is 2.24. The summed E-state index contributed by atoms with van der Waals surface area (Å²) in [5.41, 5.74) is 5.66. The van der Waals surface area contributed by atoms with Crippen molar-refractivity contribution in [2.45, 2.75) is 46.2 Å². The van der Waals surface area contributed by atoms with E-state index in [1.54, 1.807) is 0 Å². The van der Waals surface area contributed by atoms with Crippen LogP contribution in [0.1, 0.15) is 34.1 Å². The summed E-state index contributed by atoms with van der Waals surface area (Å²) in [6.45, 7) is 10.7. The molecule has 0 radical (unpaired) electrons. The summed E-state index contributed by atoms with van der Waals surface area (Å²) in [6.07, 6.45) is 1.16. The van der Waals surface area contributed by atoms with Crippen molar-refractivity contribution in [3.8, 4) is 0 Å². The maximum absolute atomic E-state index is 5.66. The number of hydrogen-bond donors (Lipinski definition) is 1. The summed E-state index contributed by atoms with van der Waals surface area (Å²) < 4.78 is 0. The molecule has 0 aliphatic heterocycles. The van der Waals surface area contributed by atoms with Crippen LogP contribution in [0.3, 0.4) is 0 Å². The van der Waals surface area contributed by atoms with E-state index in [0.29, 0.717) is 12.1 Å². The quantitative estimate of drug-likeness (QED) is 0.656. The van der Waals surface area contributed by atoms with E-state index in [9.17, 15) is 0 Å². The van der Waals surface area contributed by atoms with E-state index in [0.717, 1.165) is 19.5 Å². The minimum absolute atomic E-state index is 0.569. The molecule has 0 saturated heterocycles. The lowest BCUT2D eigenvalue weighted by atomic mass is 10.1. The van der Waals surface area contributed by atoms with Crippen molar-refractivity contribution in [1.82, 2.24) is 4.90 Å². The molecule has 0 aliphatic carbocycles. The molecule has 0 aromatic heterocycles. The maximum atomic E-state index is 5.66. The second kappa shape index (κ2) is 5.56. The summed E-state index contributed by atoms with van der Waals surface area (Å²) >= 11 is 0. The van der Waals surface area contributed by atoms with Crippen molar-refractivity contribution in [2.75, 3.05) is 13.1 Å². The molecule has 0 fully saturated rings. The van der Waals surface area contributed by atoms with Crippen molar-refractivity contribution < 1.29 is 0 Å². The molecule has 2 nitrogen and oxygen atoms in total. The Morgan fingerprint density at radius 1 is 1.27 bits per heavy atom. The van der Waals surface area contributed by atoms with Gasteiger partial charge in [0.05, 0.1) is 0 Å². The van der Waals surface area contributed by atoms with Gasteiger partial charge in [-0.15, -0.1) is 0 Å². The molecular formula is C9H22N2. The summed E-state index contributed by atoms with van der Waals surface area (Å²) in [6, 6.07) is 1.19. The summed E-state index contributed by atoms with van der Waals surface area (Å²) in [5.74, 6) is 0. The van der Waals surface area contributed by atoms with Gasteiger partial charge in [0.25, 0.3) is 0 Å². The smallest absolute Gasteiger partial charge is 0.0218 e. The zero-order valence-corrected chi connectivity index (χ0v) is 8.30. The number of rotatable bonds is 5. The van der Waals surface area contributed by atoms with Gasteiger partial charge in [-0.25, -0.2) is 0 Å². The minimum atomic E-state index is 0.569. The van der Waals surface area contributed by atoms with Gasteiger partial charge in [-0.2, -0.15) is 0 Å². The molecule has 1 atom stereocenters. The Morgan fingerprint density at radius 2 is 1.82 bits per heavy atom. The molecule has 0 spiro atoms. The van der Waals surface area contributed by atoms with Crippen LogP contribution in [-0.2, 0) is 0 Å². The SMILES string of the molecule is CCC(CN)N(CC)C(C)C. The largest absolute Gasteiger partial charge is 0.329 e. The molecule has 1 unspecified atom stereocenters. The fourth-order valence-electron chi connectivity index (χ4n) is 1.58. The Kier molecular flexibility index (Phi) is 5.51. The Balaban J connectivity index is 3.98. The lowest BCUT2D eigenvalue weighted by Gasteiger charge is -2.32. The normalized spacial score (nSPS) is 14.5. The van der Waals surface area contributed by atoms with Crippen molar-refractivity contribution >= 4 is 0 Å². The van der Waals surface area contributed by atoms with Crippen LogP contribution in [0.4, 0.5) is 0 Å². The zero-order valence-electron chi connectivity index (χ0n) is 8.30. The molecule has 0 aliphatic rings. The van der Waals surface area contributed by atoms with Gasteiger partial charge in [0, 0.05) is 18.6 Å². The predicted molar refractivity (Wildman–Crippen MR) is 50.6 cm³/mol. The van der Waals surface area contributed by atoms with Crippen molar-refractivity contribution in [3.63, 3.8) is 0 Å². The first-order valence-corrected chi connectivity index (χ1v) is 4.63. The Labute approximate surface area is 70.8 Å². The van der Waals surface area contributed by atoms with Gasteiger partial charge in [0.2, 0.25) is 0 Å². The average Bonchev–Trinajstić information content (AvgIpc) is 1.99. The molecule has 0 bridgehead atoms. The van der Waals surface area contributed by atoms with E-state index < -0.39 is 0 Å². The first kappa shape index (κ1) is 10.9. The first-order chi connectivity index (χ1) is 5.17. The maximum Gasteiger partial charge on any atom is 0.0218 e. The molecule has 11 heavy (non-hydrogen) atoms. The highest BCUT2D eigenvalue weighted by Gasteiger charge is 2.15. The van der Waals surface area contributed by atoms with Gasteiger partial charge in [0.1, 0.15) is 0 Å². The Hall–Kier alpha value is -0.0800. The van der Waals surface area contributed by atoms with E-state index in [2.05, 4.69) is 32.6 Å². The molecular weight excluding hydrogens is 136 g/mol. The van der Waals surface area contributed by atoms with Gasteiger partial charge in [-0.05, 0) is 26.8 Å². The second-order valence-electron chi connectivity index (χ2n) is 3.22. The standard InChI is InChI=1S/C9H22N2/c1-5-9(7-10)11(6-2)8(3)4/h8-9H,5-7,10H2,1-4H3. The number of hydrogen-bond acceptors (Lipinski definition) is 2. The van der Waals surface area contributed by atoms with Crippen LogP contribution in [0.5, 0.6) is 0 Å². The van der Waals surface area contributed by atoms with Gasteiger partial charge in [-0.3, -0.25) is 4.90 Å². The van der Waals surface area contributed by atoms with E-state index in [1.165, 1.54) is 0 Å². The molecule has 0 amide bonds. The Morgan fingerprint density at radius 3 is 1.91 bits per heavy atom. The molecule has 2 heteroatoms. The van der Waals surface area contributed by atoms with E-state index in [4.69, 9.17) is 5.73 Å². The van der Waals surface area contributed by atoms with Crippen LogP contribution in [0.25, 0.3) is 0 Å². The van der Waals surface area contributed by atoms with E-state index in [1.807, 2.05) is 0 Å². The third-order valence-electron chi connectivity index (χ3n) is 2.24. The fourth-order valence-corrected chi connectivity index (χ4v) is 1.58. The van der Waals surface area contributed by atoms with Gasteiger partial charge >= 0.3 is 0 Å². The molecule has 0 aromatic rings. The molecule has 0 rings (SSSR count). The highest BCUT2D eigenvalue weighted by molar-refractivity contribution is 4.72. The van der Waals surface area contributed by atoms with Gasteiger partial charge < -0.3 is 5.73 Å². The van der Waals surface area contributed by atoms with E-state index >= 15 is 0 Å².